The number of nitrogens with one attached hydrogen (secondary N) is 3. The Morgan fingerprint density at radius 1 is 1.21 bits per heavy atom. The van der Waals surface area contributed by atoms with Gasteiger partial charge in [-0.1, -0.05) is 13.8 Å². The maximum Gasteiger partial charge on any atom is 0.308 e. The van der Waals surface area contributed by atoms with Crippen LogP contribution in [0.1, 0.15) is 36.4 Å². The van der Waals surface area contributed by atoms with Gasteiger partial charge in [-0.3, -0.25) is 19.2 Å². The van der Waals surface area contributed by atoms with Crippen LogP contribution < -0.4 is 16.0 Å². The molecule has 0 aliphatic carbocycles. The van der Waals surface area contributed by atoms with Gasteiger partial charge in [0.25, 0.3) is 5.91 Å². The summed E-state index contributed by atoms with van der Waals surface area (Å²) < 4.78 is 10.4. The lowest BCUT2D eigenvalue weighted by molar-refractivity contribution is -0.152. The molecule has 1 aromatic heterocycles. The van der Waals surface area contributed by atoms with Crippen molar-refractivity contribution in [3.63, 3.8) is 0 Å². The van der Waals surface area contributed by atoms with Crippen LogP contribution in [0.15, 0.2) is 47.1 Å². The number of benzene rings is 1. The zero-order chi connectivity index (χ0) is 24.5. The number of piperazine rings is 1. The van der Waals surface area contributed by atoms with E-state index in [2.05, 4.69) is 16.0 Å². The highest BCUT2D eigenvalue weighted by atomic mass is 16.5. The Morgan fingerprint density at radius 3 is 2.65 bits per heavy atom. The van der Waals surface area contributed by atoms with Crippen molar-refractivity contribution in [1.82, 2.24) is 15.5 Å². The molecule has 0 radical (unpaired) electrons. The molecule has 1 atom stereocenters. The first-order valence-electron chi connectivity index (χ1n) is 11.2. The van der Waals surface area contributed by atoms with E-state index >= 15 is 0 Å². The highest BCUT2D eigenvalue weighted by Gasteiger charge is 2.35. The average Bonchev–Trinajstić information content (AvgIpc) is 3.35. The van der Waals surface area contributed by atoms with Crippen LogP contribution >= 0.6 is 0 Å². The van der Waals surface area contributed by atoms with Crippen molar-refractivity contribution in [2.24, 2.45) is 5.92 Å². The SMILES string of the molecule is CC(C)COC(=O)CC1C(=O)NCCN1C(=O)CNc1ccc(C(=O)NCc2ccco2)cc1. The summed E-state index contributed by atoms with van der Waals surface area (Å²) in [7, 11) is 0. The smallest absolute Gasteiger partial charge is 0.308 e. The predicted molar refractivity (Wildman–Crippen MR) is 124 cm³/mol. The molecule has 1 saturated heterocycles. The number of nitrogens with zero attached hydrogens (tertiary/aromatic N) is 1. The molecule has 0 bridgehead atoms. The third-order valence-electron chi connectivity index (χ3n) is 5.18. The molecular formula is C24H30N4O6. The zero-order valence-corrected chi connectivity index (χ0v) is 19.3. The van der Waals surface area contributed by atoms with Crippen molar-refractivity contribution < 1.29 is 28.3 Å². The van der Waals surface area contributed by atoms with E-state index in [1.165, 1.54) is 4.90 Å². The van der Waals surface area contributed by atoms with E-state index in [0.717, 1.165) is 0 Å². The minimum absolute atomic E-state index is 0.0607. The maximum absolute atomic E-state index is 12.8. The van der Waals surface area contributed by atoms with Gasteiger partial charge in [-0.15, -0.1) is 0 Å². The molecule has 3 N–H and O–H groups in total. The Bertz CT molecular complexity index is 987. The molecule has 3 rings (SSSR count). The predicted octanol–water partition coefficient (Wildman–Crippen LogP) is 1.54. The Balaban J connectivity index is 1.51. The highest BCUT2D eigenvalue weighted by molar-refractivity contribution is 5.95. The third-order valence-corrected chi connectivity index (χ3v) is 5.18. The Kier molecular flexibility index (Phi) is 8.66. The van der Waals surface area contributed by atoms with Crippen LogP contribution in [0.3, 0.4) is 0 Å². The summed E-state index contributed by atoms with van der Waals surface area (Å²) in [5, 5.41) is 8.46. The van der Waals surface area contributed by atoms with Gasteiger partial charge in [0.15, 0.2) is 0 Å². The number of carbonyl (C=O) groups is 4. The van der Waals surface area contributed by atoms with E-state index in [4.69, 9.17) is 9.15 Å². The topological polar surface area (TPSA) is 130 Å². The molecule has 2 heterocycles. The summed E-state index contributed by atoms with van der Waals surface area (Å²) in [6.07, 6.45) is 1.35. The van der Waals surface area contributed by atoms with Gasteiger partial charge in [0, 0.05) is 24.3 Å². The van der Waals surface area contributed by atoms with Gasteiger partial charge in [-0.2, -0.15) is 0 Å². The molecule has 0 spiro atoms. The van der Waals surface area contributed by atoms with Crippen molar-refractivity contribution in [3.05, 3.63) is 54.0 Å². The van der Waals surface area contributed by atoms with Crippen molar-refractivity contribution >= 4 is 29.4 Å². The first kappa shape index (κ1) is 24.8. The van der Waals surface area contributed by atoms with Gasteiger partial charge in [-0.25, -0.2) is 0 Å². The van der Waals surface area contributed by atoms with Crippen LogP contribution in [-0.4, -0.2) is 60.9 Å². The van der Waals surface area contributed by atoms with E-state index in [9.17, 15) is 19.2 Å². The van der Waals surface area contributed by atoms with Gasteiger partial charge in [0.05, 0.1) is 32.4 Å². The number of anilines is 1. The number of amides is 3. The van der Waals surface area contributed by atoms with E-state index in [0.29, 0.717) is 30.1 Å². The molecule has 1 aliphatic heterocycles. The number of hydrogen-bond donors (Lipinski definition) is 3. The maximum atomic E-state index is 12.8. The second kappa shape index (κ2) is 11.9. The van der Waals surface area contributed by atoms with Crippen molar-refractivity contribution in [2.75, 3.05) is 31.6 Å². The lowest BCUT2D eigenvalue weighted by Crippen LogP contribution is -2.58. The van der Waals surface area contributed by atoms with E-state index in [1.807, 2.05) is 13.8 Å². The monoisotopic (exact) mass is 470 g/mol. The van der Waals surface area contributed by atoms with E-state index in [1.54, 1.807) is 42.7 Å². The summed E-state index contributed by atoms with van der Waals surface area (Å²) in [6.45, 7) is 4.96. The van der Waals surface area contributed by atoms with E-state index in [-0.39, 0.29) is 49.8 Å². The highest BCUT2D eigenvalue weighted by Crippen LogP contribution is 2.13. The van der Waals surface area contributed by atoms with Crippen molar-refractivity contribution in [1.29, 1.82) is 0 Å². The number of hydrogen-bond acceptors (Lipinski definition) is 7. The van der Waals surface area contributed by atoms with Crippen LogP contribution in [0.4, 0.5) is 5.69 Å². The summed E-state index contributed by atoms with van der Waals surface area (Å²) >= 11 is 0. The molecule has 10 heteroatoms. The summed E-state index contributed by atoms with van der Waals surface area (Å²) in [6, 6.07) is 9.30. The normalized spacial score (nSPS) is 15.6. The molecule has 10 nitrogen and oxygen atoms in total. The average molecular weight is 471 g/mol. The van der Waals surface area contributed by atoms with Crippen molar-refractivity contribution in [2.45, 2.75) is 32.9 Å². The van der Waals surface area contributed by atoms with Crippen LogP contribution in [0.5, 0.6) is 0 Å². The number of ether oxygens (including phenoxy) is 1. The fourth-order valence-electron chi connectivity index (χ4n) is 3.39. The number of furan rings is 1. The van der Waals surface area contributed by atoms with Gasteiger partial charge in [0.2, 0.25) is 11.8 Å². The zero-order valence-electron chi connectivity index (χ0n) is 19.3. The Hall–Kier alpha value is -3.82. The number of esters is 1. The summed E-state index contributed by atoms with van der Waals surface area (Å²) in [5.41, 5.74) is 1.11. The first-order valence-corrected chi connectivity index (χ1v) is 11.2. The first-order chi connectivity index (χ1) is 16.3. The standard InChI is InChI=1S/C24H30N4O6/c1-16(2)15-34-22(30)12-20-24(32)25-9-10-28(20)21(29)14-26-18-7-5-17(6-8-18)23(31)27-13-19-4-3-11-33-19/h3-8,11,16,20,26H,9-10,12-15H2,1-2H3,(H,25,32)(H,27,31). The second-order valence-electron chi connectivity index (χ2n) is 8.37. The van der Waals surface area contributed by atoms with Crippen LogP contribution in [0.25, 0.3) is 0 Å². The molecule has 1 aliphatic rings. The van der Waals surface area contributed by atoms with Gasteiger partial charge < -0.3 is 30.0 Å². The molecule has 1 fully saturated rings. The van der Waals surface area contributed by atoms with Crippen LogP contribution in [0.2, 0.25) is 0 Å². The molecule has 3 amide bonds. The minimum atomic E-state index is -0.900. The molecule has 1 aromatic carbocycles. The lowest BCUT2D eigenvalue weighted by atomic mass is 10.1. The molecule has 0 saturated carbocycles. The number of rotatable bonds is 10. The van der Waals surface area contributed by atoms with E-state index < -0.39 is 12.0 Å². The minimum Gasteiger partial charge on any atom is -0.467 e. The third kappa shape index (κ3) is 7.09. The van der Waals surface area contributed by atoms with Gasteiger partial charge in [-0.05, 0) is 42.3 Å². The summed E-state index contributed by atoms with van der Waals surface area (Å²) in [5.74, 6) is -0.599. The number of carbonyl (C=O) groups excluding carboxylic acids is 4. The molecule has 34 heavy (non-hydrogen) atoms. The Morgan fingerprint density at radius 2 is 1.97 bits per heavy atom. The fourth-order valence-corrected chi connectivity index (χ4v) is 3.39. The Labute approximate surface area is 198 Å². The second-order valence-corrected chi connectivity index (χ2v) is 8.37. The summed E-state index contributed by atoms with van der Waals surface area (Å²) in [4.78, 5) is 50.9. The largest absolute Gasteiger partial charge is 0.467 e. The molecule has 1 unspecified atom stereocenters. The lowest BCUT2D eigenvalue weighted by Gasteiger charge is -2.34. The quantitative estimate of drug-likeness (QED) is 0.449. The van der Waals surface area contributed by atoms with Crippen molar-refractivity contribution in [3.8, 4) is 0 Å². The van der Waals surface area contributed by atoms with Crippen LogP contribution in [0, 0.1) is 5.92 Å². The molecular weight excluding hydrogens is 440 g/mol. The molecule has 2 aromatic rings. The van der Waals surface area contributed by atoms with Gasteiger partial charge >= 0.3 is 5.97 Å². The fraction of sp³-hybridized carbons (Fsp3) is 0.417. The molecule has 182 valence electrons. The van der Waals surface area contributed by atoms with Gasteiger partial charge in [0.1, 0.15) is 11.8 Å². The van der Waals surface area contributed by atoms with Crippen LogP contribution in [-0.2, 0) is 25.7 Å².